The highest BCUT2D eigenvalue weighted by Crippen LogP contribution is 2.58. The van der Waals surface area contributed by atoms with Crippen LogP contribution in [0.3, 0.4) is 0 Å². The van der Waals surface area contributed by atoms with E-state index in [0.29, 0.717) is 5.57 Å². The van der Waals surface area contributed by atoms with Gasteiger partial charge in [0.05, 0.1) is 29.6 Å². The molecular weight excluding hydrogens is 350 g/mol. The van der Waals surface area contributed by atoms with Gasteiger partial charge in [-0.3, -0.25) is 9.78 Å². The SMILES string of the molecule is Cc1cc(C)c(C2=C(O)[C@@H]3[C@@H]4O[C@@H](C[C@H]4c4ccc(C)nc4)[C@@H]3C2=O)c(C)c1. The van der Waals surface area contributed by atoms with E-state index < -0.39 is 0 Å². The van der Waals surface area contributed by atoms with Gasteiger partial charge in [-0.05, 0) is 62.4 Å². The number of aliphatic hydroxyl groups excluding tert-OH is 1. The molecule has 144 valence electrons. The minimum absolute atomic E-state index is 0.0468. The lowest BCUT2D eigenvalue weighted by atomic mass is 9.72. The van der Waals surface area contributed by atoms with Crippen molar-refractivity contribution in [3.05, 3.63) is 69.7 Å². The number of aryl methyl sites for hydroxylation is 4. The number of carbonyl (C=O) groups is 1. The average Bonchev–Trinajstić information content (AvgIpc) is 3.29. The molecule has 0 amide bonds. The van der Waals surface area contributed by atoms with Crippen molar-refractivity contribution in [3.8, 4) is 0 Å². The molecule has 2 aliphatic heterocycles. The number of allylic oxidation sites excluding steroid dienone is 1. The van der Waals surface area contributed by atoms with Crippen LogP contribution in [-0.4, -0.2) is 28.1 Å². The van der Waals surface area contributed by atoms with Crippen LogP contribution in [0.4, 0.5) is 0 Å². The number of pyridine rings is 1. The maximum absolute atomic E-state index is 13.4. The smallest absolute Gasteiger partial charge is 0.173 e. The number of Topliss-reactive ketones (excluding diaryl/α,β-unsaturated/α-hetero) is 1. The minimum atomic E-state index is -0.255. The molecule has 1 aliphatic carbocycles. The summed E-state index contributed by atoms with van der Waals surface area (Å²) in [6.45, 7) is 8.06. The monoisotopic (exact) mass is 375 g/mol. The molecule has 2 saturated heterocycles. The zero-order valence-corrected chi connectivity index (χ0v) is 16.7. The first-order chi connectivity index (χ1) is 13.4. The fraction of sp³-hybridized carbons (Fsp3) is 0.417. The number of fused-ring (bicyclic) bond motifs is 5. The molecule has 1 N–H and O–H groups in total. The van der Waals surface area contributed by atoms with Crippen LogP contribution < -0.4 is 0 Å². The number of aromatic nitrogens is 1. The van der Waals surface area contributed by atoms with Gasteiger partial charge < -0.3 is 9.84 Å². The highest BCUT2D eigenvalue weighted by molar-refractivity contribution is 6.26. The summed E-state index contributed by atoms with van der Waals surface area (Å²) in [7, 11) is 0. The van der Waals surface area contributed by atoms with Crippen molar-refractivity contribution in [1.29, 1.82) is 0 Å². The standard InChI is InChI=1S/C24H25NO3/c1-11-7-12(2)18(13(3)8-11)20-22(26)19-17-9-16(15-6-5-14(4)25-10-15)24(28-17)21(19)23(20)27/h5-8,10,16-17,19,21,24,27H,9H2,1-4H3/t16-,17-,19-,21+,24+/m0/s1. The molecule has 0 unspecified atom stereocenters. The second kappa shape index (κ2) is 6.02. The number of carbonyl (C=O) groups excluding carboxylic acids is 1. The Morgan fingerprint density at radius 3 is 2.43 bits per heavy atom. The summed E-state index contributed by atoms with van der Waals surface area (Å²) in [5, 5.41) is 11.2. The lowest BCUT2D eigenvalue weighted by Gasteiger charge is -2.27. The van der Waals surface area contributed by atoms with Crippen LogP contribution in [0, 0.1) is 39.5 Å². The van der Waals surface area contributed by atoms with Gasteiger partial charge in [0.15, 0.2) is 5.78 Å². The lowest BCUT2D eigenvalue weighted by Crippen LogP contribution is -2.33. The molecule has 0 radical (unpaired) electrons. The maximum Gasteiger partial charge on any atom is 0.173 e. The predicted molar refractivity (Wildman–Crippen MR) is 107 cm³/mol. The fourth-order valence-electron chi connectivity index (χ4n) is 5.71. The third kappa shape index (κ3) is 2.34. The fourth-order valence-corrected chi connectivity index (χ4v) is 5.71. The number of nitrogens with zero attached hydrogens (tertiary/aromatic N) is 1. The largest absolute Gasteiger partial charge is 0.511 e. The Bertz CT molecular complexity index is 998. The predicted octanol–water partition coefficient (Wildman–Crippen LogP) is 4.35. The Hall–Kier alpha value is -2.46. The summed E-state index contributed by atoms with van der Waals surface area (Å²) in [5.74, 6) is -0.0517. The molecule has 5 rings (SSSR count). The number of hydrogen-bond donors (Lipinski definition) is 1. The zero-order valence-electron chi connectivity index (χ0n) is 16.7. The van der Waals surface area contributed by atoms with E-state index in [4.69, 9.17) is 4.74 Å². The van der Waals surface area contributed by atoms with Gasteiger partial charge in [0.25, 0.3) is 0 Å². The van der Waals surface area contributed by atoms with Crippen molar-refractivity contribution in [2.75, 3.05) is 0 Å². The molecule has 1 aromatic carbocycles. The first-order valence-electron chi connectivity index (χ1n) is 10.0. The van der Waals surface area contributed by atoms with Gasteiger partial charge >= 0.3 is 0 Å². The Morgan fingerprint density at radius 2 is 1.79 bits per heavy atom. The van der Waals surface area contributed by atoms with E-state index in [2.05, 4.69) is 30.1 Å². The molecule has 3 heterocycles. The molecule has 0 spiro atoms. The van der Waals surface area contributed by atoms with Crippen LogP contribution in [0.1, 0.15) is 45.8 Å². The van der Waals surface area contributed by atoms with E-state index in [1.807, 2.05) is 33.0 Å². The summed E-state index contributed by atoms with van der Waals surface area (Å²) >= 11 is 0. The summed E-state index contributed by atoms with van der Waals surface area (Å²) in [5.41, 5.74) is 6.78. The number of rotatable bonds is 2. The van der Waals surface area contributed by atoms with E-state index in [1.165, 1.54) is 5.56 Å². The average molecular weight is 375 g/mol. The van der Waals surface area contributed by atoms with Crippen LogP contribution in [-0.2, 0) is 9.53 Å². The number of benzene rings is 1. The van der Waals surface area contributed by atoms with Crippen molar-refractivity contribution >= 4 is 11.4 Å². The van der Waals surface area contributed by atoms with Gasteiger partial charge in [-0.25, -0.2) is 0 Å². The van der Waals surface area contributed by atoms with Gasteiger partial charge in [-0.2, -0.15) is 0 Å². The number of ether oxygens (including phenoxy) is 1. The Balaban J connectivity index is 1.57. The van der Waals surface area contributed by atoms with E-state index >= 15 is 0 Å². The van der Waals surface area contributed by atoms with E-state index in [9.17, 15) is 9.90 Å². The highest BCUT2D eigenvalue weighted by Gasteiger charge is 2.62. The molecular formula is C24H25NO3. The molecule has 2 fully saturated rings. The topological polar surface area (TPSA) is 59.4 Å². The van der Waals surface area contributed by atoms with E-state index in [0.717, 1.165) is 34.4 Å². The third-order valence-electron chi connectivity index (χ3n) is 6.77. The zero-order chi connectivity index (χ0) is 19.7. The third-order valence-corrected chi connectivity index (χ3v) is 6.77. The van der Waals surface area contributed by atoms with Crippen LogP contribution in [0.15, 0.2) is 36.2 Å². The molecule has 2 aromatic rings. The van der Waals surface area contributed by atoms with Crippen LogP contribution in [0.2, 0.25) is 0 Å². The van der Waals surface area contributed by atoms with Crippen molar-refractivity contribution < 1.29 is 14.6 Å². The number of ketones is 1. The highest BCUT2D eigenvalue weighted by atomic mass is 16.5. The number of aliphatic hydroxyl groups is 1. The second-order valence-corrected chi connectivity index (χ2v) is 8.66. The summed E-state index contributed by atoms with van der Waals surface area (Å²) in [6.07, 6.45) is 2.44. The van der Waals surface area contributed by atoms with Crippen molar-refractivity contribution in [1.82, 2.24) is 4.98 Å². The lowest BCUT2D eigenvalue weighted by molar-refractivity contribution is -0.118. The van der Waals surface area contributed by atoms with Crippen molar-refractivity contribution in [2.45, 2.75) is 52.2 Å². The summed E-state index contributed by atoms with van der Waals surface area (Å²) < 4.78 is 6.20. The molecule has 3 aliphatic rings. The Kier molecular flexibility index (Phi) is 3.79. The molecule has 28 heavy (non-hydrogen) atoms. The number of hydrogen-bond acceptors (Lipinski definition) is 4. The van der Waals surface area contributed by atoms with Crippen LogP contribution in [0.5, 0.6) is 0 Å². The van der Waals surface area contributed by atoms with E-state index in [-0.39, 0.29) is 41.5 Å². The van der Waals surface area contributed by atoms with E-state index in [1.54, 1.807) is 0 Å². The molecule has 4 heteroatoms. The minimum Gasteiger partial charge on any atom is -0.511 e. The molecule has 5 atom stereocenters. The van der Waals surface area contributed by atoms with Gasteiger partial charge in [0, 0.05) is 17.8 Å². The second-order valence-electron chi connectivity index (χ2n) is 8.66. The van der Waals surface area contributed by atoms with Crippen LogP contribution >= 0.6 is 0 Å². The quantitative estimate of drug-likeness (QED) is 0.848. The first kappa shape index (κ1) is 17.6. The molecule has 0 saturated carbocycles. The molecule has 1 aromatic heterocycles. The van der Waals surface area contributed by atoms with Gasteiger partial charge in [0.2, 0.25) is 0 Å². The maximum atomic E-state index is 13.4. The van der Waals surface area contributed by atoms with Crippen LogP contribution in [0.25, 0.3) is 5.57 Å². The Labute approximate surface area is 165 Å². The molecule has 4 nitrogen and oxygen atoms in total. The van der Waals surface area contributed by atoms with Gasteiger partial charge in [0.1, 0.15) is 5.76 Å². The normalized spacial score (nSPS) is 31.0. The molecule has 2 bridgehead atoms. The summed E-state index contributed by atoms with van der Waals surface area (Å²) in [4.78, 5) is 17.8. The Morgan fingerprint density at radius 1 is 1.07 bits per heavy atom. The van der Waals surface area contributed by atoms with Gasteiger partial charge in [-0.15, -0.1) is 0 Å². The summed E-state index contributed by atoms with van der Waals surface area (Å²) in [6, 6.07) is 8.27. The van der Waals surface area contributed by atoms with Crippen molar-refractivity contribution in [3.63, 3.8) is 0 Å². The van der Waals surface area contributed by atoms with Crippen molar-refractivity contribution in [2.24, 2.45) is 11.8 Å². The first-order valence-corrected chi connectivity index (χ1v) is 10.0. The van der Waals surface area contributed by atoms with Gasteiger partial charge in [-0.1, -0.05) is 23.8 Å².